The van der Waals surface area contributed by atoms with Crippen LogP contribution in [0.3, 0.4) is 0 Å². The molecule has 0 unspecified atom stereocenters. The lowest BCUT2D eigenvalue weighted by atomic mass is 10.2. The molecule has 0 saturated heterocycles. The quantitative estimate of drug-likeness (QED) is 0.483. The molecule has 6 heteroatoms. The summed E-state index contributed by atoms with van der Waals surface area (Å²) in [6.45, 7) is 4.31. The molecule has 0 spiro atoms. The van der Waals surface area contributed by atoms with E-state index in [1.807, 2.05) is 26.0 Å². The molecule has 0 radical (unpaired) electrons. The molecule has 0 aliphatic rings. The first-order valence-electron chi connectivity index (χ1n) is 9.46. The Balaban J connectivity index is 1.97. The lowest BCUT2D eigenvalue weighted by Gasteiger charge is -2.19. The summed E-state index contributed by atoms with van der Waals surface area (Å²) < 4.78 is 16.3. The van der Waals surface area contributed by atoms with Gasteiger partial charge >= 0.3 is 5.97 Å². The van der Waals surface area contributed by atoms with E-state index in [2.05, 4.69) is 5.32 Å². The Bertz CT molecular complexity index is 773. The molecule has 0 fully saturated rings. The zero-order valence-corrected chi connectivity index (χ0v) is 16.6. The minimum atomic E-state index is -0.671. The molecule has 150 valence electrons. The Morgan fingerprint density at radius 1 is 1.00 bits per heavy atom. The van der Waals surface area contributed by atoms with Crippen molar-refractivity contribution in [3.05, 3.63) is 54.1 Å². The van der Waals surface area contributed by atoms with Gasteiger partial charge in [0.1, 0.15) is 0 Å². The molecule has 1 amide bonds. The number of rotatable bonds is 10. The Hall–Kier alpha value is -3.02. The Morgan fingerprint density at radius 2 is 1.68 bits per heavy atom. The lowest BCUT2D eigenvalue weighted by Crippen LogP contribution is -2.32. The largest absolute Gasteiger partial charge is 0.493 e. The third kappa shape index (κ3) is 6.01. The fourth-order valence-electron chi connectivity index (χ4n) is 2.50. The van der Waals surface area contributed by atoms with Gasteiger partial charge < -0.3 is 19.5 Å². The number of amides is 1. The number of anilines is 1. The number of benzene rings is 2. The van der Waals surface area contributed by atoms with Crippen molar-refractivity contribution in [2.45, 2.75) is 39.2 Å². The van der Waals surface area contributed by atoms with E-state index in [0.29, 0.717) is 35.8 Å². The highest BCUT2D eigenvalue weighted by atomic mass is 16.5. The number of hydrogen-bond acceptors (Lipinski definition) is 5. The number of hydrogen-bond donors (Lipinski definition) is 1. The summed E-state index contributed by atoms with van der Waals surface area (Å²) in [6.07, 6.45) is 1.62. The molecular weight excluding hydrogens is 358 g/mol. The van der Waals surface area contributed by atoms with Gasteiger partial charge in [-0.2, -0.15) is 0 Å². The number of unbranched alkanes of at least 4 members (excludes halogenated alkanes) is 1. The minimum absolute atomic E-state index is 0.272. The van der Waals surface area contributed by atoms with E-state index >= 15 is 0 Å². The number of carbonyl (C=O) groups is 2. The van der Waals surface area contributed by atoms with Gasteiger partial charge in [0.05, 0.1) is 19.3 Å². The van der Waals surface area contributed by atoms with E-state index < -0.39 is 6.10 Å². The van der Waals surface area contributed by atoms with Crippen molar-refractivity contribution < 1.29 is 23.8 Å². The first-order chi connectivity index (χ1) is 13.6. The Kier molecular flexibility index (Phi) is 8.34. The van der Waals surface area contributed by atoms with Crippen molar-refractivity contribution in [3.63, 3.8) is 0 Å². The lowest BCUT2D eigenvalue weighted by molar-refractivity contribution is -0.122. The van der Waals surface area contributed by atoms with Gasteiger partial charge in [-0.3, -0.25) is 4.79 Å². The van der Waals surface area contributed by atoms with Crippen LogP contribution in [0.4, 0.5) is 5.69 Å². The van der Waals surface area contributed by atoms with Gasteiger partial charge in [-0.25, -0.2) is 4.79 Å². The molecule has 1 N–H and O–H groups in total. The van der Waals surface area contributed by atoms with Crippen molar-refractivity contribution in [1.82, 2.24) is 0 Å². The van der Waals surface area contributed by atoms with E-state index in [1.165, 1.54) is 0 Å². The third-order valence-corrected chi connectivity index (χ3v) is 4.12. The average molecular weight is 385 g/mol. The highest BCUT2D eigenvalue weighted by molar-refractivity contribution is 5.95. The molecular formula is C22H27NO5. The Labute approximate surface area is 165 Å². The van der Waals surface area contributed by atoms with E-state index in [-0.39, 0.29) is 11.9 Å². The topological polar surface area (TPSA) is 73.9 Å². The van der Waals surface area contributed by atoms with Gasteiger partial charge in [-0.1, -0.05) is 32.4 Å². The van der Waals surface area contributed by atoms with Crippen LogP contribution < -0.4 is 14.8 Å². The first-order valence-corrected chi connectivity index (χ1v) is 9.46. The van der Waals surface area contributed by atoms with Gasteiger partial charge in [-0.05, 0) is 49.2 Å². The van der Waals surface area contributed by atoms with Crippen LogP contribution in [0.15, 0.2) is 48.5 Å². The van der Waals surface area contributed by atoms with E-state index in [4.69, 9.17) is 14.2 Å². The normalized spacial score (nSPS) is 11.4. The maximum Gasteiger partial charge on any atom is 0.338 e. The molecule has 2 rings (SSSR count). The van der Waals surface area contributed by atoms with Gasteiger partial charge in [0, 0.05) is 5.69 Å². The molecule has 0 aliphatic heterocycles. The monoisotopic (exact) mass is 385 g/mol. The van der Waals surface area contributed by atoms with E-state index in [1.54, 1.807) is 43.5 Å². The van der Waals surface area contributed by atoms with Crippen LogP contribution in [0, 0.1) is 0 Å². The molecule has 0 aliphatic carbocycles. The molecule has 6 nitrogen and oxygen atoms in total. The van der Waals surface area contributed by atoms with Gasteiger partial charge in [0.2, 0.25) is 0 Å². The van der Waals surface area contributed by atoms with Gasteiger partial charge in [0.25, 0.3) is 5.91 Å². The minimum Gasteiger partial charge on any atom is -0.493 e. The fourth-order valence-corrected chi connectivity index (χ4v) is 2.50. The zero-order valence-electron chi connectivity index (χ0n) is 16.6. The zero-order chi connectivity index (χ0) is 20.4. The number of methoxy groups -OCH3 is 1. The molecule has 1 atom stereocenters. The summed E-state index contributed by atoms with van der Waals surface area (Å²) in [5, 5.41) is 2.81. The van der Waals surface area contributed by atoms with Crippen molar-refractivity contribution in [3.8, 4) is 11.5 Å². The summed E-state index contributed by atoms with van der Waals surface area (Å²) >= 11 is 0. The average Bonchev–Trinajstić information content (AvgIpc) is 2.72. The van der Waals surface area contributed by atoms with Crippen LogP contribution >= 0.6 is 0 Å². The van der Waals surface area contributed by atoms with Crippen LogP contribution in [-0.4, -0.2) is 31.7 Å². The second-order valence-corrected chi connectivity index (χ2v) is 6.22. The first kappa shape index (κ1) is 21.3. The van der Waals surface area contributed by atoms with E-state index in [0.717, 1.165) is 12.8 Å². The third-order valence-electron chi connectivity index (χ3n) is 4.12. The smallest absolute Gasteiger partial charge is 0.338 e. The molecule has 0 heterocycles. The number of para-hydroxylation sites is 2. The second-order valence-electron chi connectivity index (χ2n) is 6.22. The van der Waals surface area contributed by atoms with E-state index in [9.17, 15) is 9.59 Å². The summed E-state index contributed by atoms with van der Waals surface area (Å²) in [5.41, 5.74) is 1.03. The molecule has 0 bridgehead atoms. The van der Waals surface area contributed by atoms with Crippen LogP contribution in [0.5, 0.6) is 11.5 Å². The molecule has 0 saturated carbocycles. The van der Waals surface area contributed by atoms with Crippen LogP contribution in [0.1, 0.15) is 43.5 Å². The van der Waals surface area contributed by atoms with Crippen LogP contribution in [-0.2, 0) is 9.53 Å². The van der Waals surface area contributed by atoms with Crippen molar-refractivity contribution in [2.24, 2.45) is 0 Å². The fraction of sp³-hybridized carbons (Fsp3) is 0.364. The number of nitrogens with one attached hydrogen (secondary N) is 1. The predicted molar refractivity (Wildman–Crippen MR) is 108 cm³/mol. The summed E-state index contributed by atoms with van der Waals surface area (Å²) in [7, 11) is 1.55. The van der Waals surface area contributed by atoms with Crippen LogP contribution in [0.2, 0.25) is 0 Å². The van der Waals surface area contributed by atoms with Gasteiger partial charge in [-0.15, -0.1) is 0 Å². The highest BCUT2D eigenvalue weighted by Gasteiger charge is 2.20. The van der Waals surface area contributed by atoms with Gasteiger partial charge in [0.15, 0.2) is 17.6 Å². The SMILES string of the molecule is CCCCOC(=O)c1ccc(NC(=O)[C@H](CC)Oc2ccccc2OC)cc1. The highest BCUT2D eigenvalue weighted by Crippen LogP contribution is 2.27. The maximum absolute atomic E-state index is 12.6. The number of carbonyl (C=O) groups excluding carboxylic acids is 2. The van der Waals surface area contributed by atoms with Crippen molar-refractivity contribution in [1.29, 1.82) is 0 Å². The van der Waals surface area contributed by atoms with Crippen molar-refractivity contribution in [2.75, 3.05) is 19.0 Å². The molecule has 28 heavy (non-hydrogen) atoms. The number of ether oxygens (including phenoxy) is 3. The Morgan fingerprint density at radius 3 is 2.29 bits per heavy atom. The molecule has 2 aromatic rings. The predicted octanol–water partition coefficient (Wildman–Crippen LogP) is 4.45. The number of esters is 1. The molecule has 2 aromatic carbocycles. The standard InChI is InChI=1S/C22H27NO5/c1-4-6-15-27-22(25)16-11-13-17(14-12-16)23-21(24)18(5-2)28-20-10-8-7-9-19(20)26-3/h7-14,18H,4-6,15H2,1-3H3,(H,23,24)/t18-/m0/s1. The summed E-state index contributed by atoms with van der Waals surface area (Å²) in [6, 6.07) is 13.8. The van der Waals surface area contributed by atoms with Crippen LogP contribution in [0.25, 0.3) is 0 Å². The molecule has 0 aromatic heterocycles. The summed E-state index contributed by atoms with van der Waals surface area (Å²) in [5.74, 6) is 0.445. The maximum atomic E-state index is 12.6. The van der Waals surface area contributed by atoms with Crippen molar-refractivity contribution >= 4 is 17.6 Å². The second kappa shape index (κ2) is 11.0. The summed E-state index contributed by atoms with van der Waals surface area (Å²) in [4.78, 5) is 24.5.